The number of hydrogen-bond acceptors (Lipinski definition) is 5. The van der Waals surface area contributed by atoms with Gasteiger partial charge in [-0.1, -0.05) is 18.2 Å². The summed E-state index contributed by atoms with van der Waals surface area (Å²) in [6.45, 7) is 3.26. The van der Waals surface area contributed by atoms with Crippen molar-refractivity contribution >= 4 is 27.6 Å². The van der Waals surface area contributed by atoms with Crippen LogP contribution in [-0.4, -0.2) is 34.1 Å². The van der Waals surface area contributed by atoms with Crippen LogP contribution in [0.2, 0.25) is 0 Å². The third kappa shape index (κ3) is 4.22. The number of esters is 1. The van der Waals surface area contributed by atoms with Gasteiger partial charge in [0.1, 0.15) is 17.3 Å². The van der Waals surface area contributed by atoms with Crippen LogP contribution in [0, 0.1) is 0 Å². The van der Waals surface area contributed by atoms with E-state index in [0.717, 1.165) is 12.8 Å². The molecule has 2 rings (SSSR count). The van der Waals surface area contributed by atoms with E-state index in [0.29, 0.717) is 0 Å². The quantitative estimate of drug-likeness (QED) is 0.765. The van der Waals surface area contributed by atoms with Gasteiger partial charge in [0.25, 0.3) is 0 Å². The highest BCUT2D eigenvalue weighted by Gasteiger charge is 2.30. The molecule has 1 aromatic rings. The number of nitrogens with one attached hydrogen (secondary N) is 1. The van der Waals surface area contributed by atoms with E-state index < -0.39 is 16.0 Å². The molecule has 0 spiro atoms. The van der Waals surface area contributed by atoms with Gasteiger partial charge in [0.15, 0.2) is 0 Å². The maximum atomic E-state index is 12.3. The van der Waals surface area contributed by atoms with Crippen LogP contribution in [0.5, 0.6) is 5.75 Å². The van der Waals surface area contributed by atoms with Crippen molar-refractivity contribution < 1.29 is 22.7 Å². The first-order valence-electron chi connectivity index (χ1n) is 6.54. The van der Waals surface area contributed by atoms with E-state index in [4.69, 9.17) is 21.1 Å². The lowest BCUT2D eigenvalue weighted by molar-refractivity contribution is 0.0546. The van der Waals surface area contributed by atoms with Crippen LogP contribution >= 0.6 is 11.6 Å². The largest absolute Gasteiger partial charge is 0.495 e. The van der Waals surface area contributed by atoms with Crippen LogP contribution < -0.4 is 9.46 Å². The lowest BCUT2D eigenvalue weighted by atomic mass is 10.2. The van der Waals surface area contributed by atoms with Gasteiger partial charge in [-0.2, -0.15) is 0 Å². The summed E-state index contributed by atoms with van der Waals surface area (Å²) in [4.78, 5) is 11.8. The third-order valence-electron chi connectivity index (χ3n) is 2.95. The van der Waals surface area contributed by atoms with Crippen LogP contribution in [0.15, 0.2) is 34.7 Å². The number of benzene rings is 1. The summed E-state index contributed by atoms with van der Waals surface area (Å²) in [5, 5.41) is 0.171. The minimum absolute atomic E-state index is 0.0510. The number of carbonyl (C=O) groups is 1. The van der Waals surface area contributed by atoms with E-state index in [1.54, 1.807) is 0 Å². The van der Waals surface area contributed by atoms with Gasteiger partial charge in [-0.3, -0.25) is 0 Å². The standard InChI is InChI=1S/C14H16ClNO5S/c1-9(15)8-21-14(17)10-3-6-12(20-2)13(7-10)22(18,19)16-11-4-5-11/h3,6-7,11,16H,1,4-5,8H2,2H3. The molecule has 1 aliphatic carbocycles. The molecule has 0 heterocycles. The lowest BCUT2D eigenvalue weighted by Crippen LogP contribution is -2.26. The van der Waals surface area contributed by atoms with Crippen molar-refractivity contribution in [2.75, 3.05) is 13.7 Å². The van der Waals surface area contributed by atoms with E-state index >= 15 is 0 Å². The van der Waals surface area contributed by atoms with Crippen molar-refractivity contribution in [3.8, 4) is 5.75 Å². The molecule has 6 nitrogen and oxygen atoms in total. The number of halogens is 1. The second-order valence-electron chi connectivity index (χ2n) is 4.85. The lowest BCUT2D eigenvalue weighted by Gasteiger charge is -2.12. The molecule has 1 saturated carbocycles. The molecule has 0 radical (unpaired) electrons. The maximum Gasteiger partial charge on any atom is 0.338 e. The summed E-state index contributed by atoms with van der Waals surface area (Å²) in [6.07, 6.45) is 1.61. The summed E-state index contributed by atoms with van der Waals surface area (Å²) in [5.41, 5.74) is 0.0925. The molecule has 0 aliphatic heterocycles. The molecule has 0 amide bonds. The predicted octanol–water partition coefficient (Wildman–Crippen LogP) is 2.05. The van der Waals surface area contributed by atoms with E-state index in [1.165, 1.54) is 25.3 Å². The first-order chi connectivity index (χ1) is 10.3. The Morgan fingerprint density at radius 3 is 2.68 bits per heavy atom. The first-order valence-corrected chi connectivity index (χ1v) is 8.40. The molecule has 0 saturated heterocycles. The van der Waals surface area contributed by atoms with Crippen molar-refractivity contribution in [2.24, 2.45) is 0 Å². The van der Waals surface area contributed by atoms with Crippen molar-refractivity contribution in [1.29, 1.82) is 0 Å². The monoisotopic (exact) mass is 345 g/mol. The zero-order valence-corrected chi connectivity index (χ0v) is 13.5. The summed E-state index contributed by atoms with van der Waals surface area (Å²) >= 11 is 5.53. The van der Waals surface area contributed by atoms with Crippen LogP contribution in [0.4, 0.5) is 0 Å². The molecule has 1 fully saturated rings. The molecule has 1 N–H and O–H groups in total. The number of ether oxygens (including phenoxy) is 2. The van der Waals surface area contributed by atoms with Crippen molar-refractivity contribution in [3.63, 3.8) is 0 Å². The average molecular weight is 346 g/mol. The topological polar surface area (TPSA) is 81.7 Å². The predicted molar refractivity (Wildman–Crippen MR) is 81.6 cm³/mol. The van der Waals surface area contributed by atoms with Crippen molar-refractivity contribution in [3.05, 3.63) is 35.4 Å². The zero-order chi connectivity index (χ0) is 16.3. The van der Waals surface area contributed by atoms with E-state index in [2.05, 4.69) is 11.3 Å². The Balaban J connectivity index is 2.29. The van der Waals surface area contributed by atoms with Gasteiger partial charge in [0.2, 0.25) is 10.0 Å². The second kappa shape index (κ2) is 6.68. The van der Waals surface area contributed by atoms with Crippen LogP contribution in [0.1, 0.15) is 23.2 Å². The fraction of sp³-hybridized carbons (Fsp3) is 0.357. The summed E-state index contributed by atoms with van der Waals surface area (Å²) in [5.74, 6) is -0.529. The molecule has 120 valence electrons. The molecule has 8 heteroatoms. The number of carbonyl (C=O) groups excluding carboxylic acids is 1. The van der Waals surface area contributed by atoms with Gasteiger partial charge in [-0.15, -0.1) is 0 Å². The Kier molecular flexibility index (Phi) is 5.10. The highest BCUT2D eigenvalue weighted by molar-refractivity contribution is 7.89. The van der Waals surface area contributed by atoms with Crippen molar-refractivity contribution in [2.45, 2.75) is 23.8 Å². The fourth-order valence-electron chi connectivity index (χ4n) is 1.72. The molecule has 0 atom stereocenters. The minimum Gasteiger partial charge on any atom is -0.495 e. The Morgan fingerprint density at radius 1 is 1.45 bits per heavy atom. The highest BCUT2D eigenvalue weighted by atomic mass is 35.5. The Morgan fingerprint density at radius 2 is 2.14 bits per heavy atom. The van der Waals surface area contributed by atoms with Gasteiger partial charge in [0, 0.05) is 11.1 Å². The minimum atomic E-state index is -3.75. The molecule has 1 aliphatic rings. The smallest absolute Gasteiger partial charge is 0.338 e. The highest BCUT2D eigenvalue weighted by Crippen LogP contribution is 2.28. The Hall–Kier alpha value is -1.57. The van der Waals surface area contributed by atoms with Gasteiger partial charge in [-0.05, 0) is 31.0 Å². The van der Waals surface area contributed by atoms with Crippen LogP contribution in [0.3, 0.4) is 0 Å². The maximum absolute atomic E-state index is 12.3. The number of hydrogen-bond donors (Lipinski definition) is 1. The Labute approximate surface area is 134 Å². The summed E-state index contributed by atoms with van der Waals surface area (Å²) in [7, 11) is -2.39. The molecule has 1 aromatic carbocycles. The number of rotatable bonds is 7. The van der Waals surface area contributed by atoms with Gasteiger partial charge < -0.3 is 9.47 Å². The molecule has 0 aromatic heterocycles. The van der Waals surface area contributed by atoms with E-state index in [9.17, 15) is 13.2 Å². The molecular formula is C14H16ClNO5S. The number of sulfonamides is 1. The molecule has 0 bridgehead atoms. The van der Waals surface area contributed by atoms with Crippen LogP contribution in [0.25, 0.3) is 0 Å². The third-order valence-corrected chi connectivity index (χ3v) is 4.60. The molecular weight excluding hydrogens is 330 g/mol. The summed E-state index contributed by atoms with van der Waals surface area (Å²) < 4.78 is 37.1. The van der Waals surface area contributed by atoms with Gasteiger partial charge in [0.05, 0.1) is 12.7 Å². The first kappa shape index (κ1) is 16.8. The fourth-order valence-corrected chi connectivity index (χ4v) is 3.28. The summed E-state index contributed by atoms with van der Waals surface area (Å²) in [6, 6.07) is 4.01. The van der Waals surface area contributed by atoms with Gasteiger partial charge >= 0.3 is 5.97 Å². The SMILES string of the molecule is C=C(Cl)COC(=O)c1ccc(OC)c(S(=O)(=O)NC2CC2)c1. The van der Waals surface area contributed by atoms with E-state index in [1.807, 2.05) is 0 Å². The van der Waals surface area contributed by atoms with Crippen LogP contribution in [-0.2, 0) is 14.8 Å². The molecule has 22 heavy (non-hydrogen) atoms. The Bertz CT molecular complexity index is 697. The average Bonchev–Trinajstić information content (AvgIpc) is 3.27. The zero-order valence-electron chi connectivity index (χ0n) is 12.0. The van der Waals surface area contributed by atoms with Gasteiger partial charge in [-0.25, -0.2) is 17.9 Å². The van der Waals surface area contributed by atoms with Crippen molar-refractivity contribution in [1.82, 2.24) is 4.72 Å². The normalized spacial score (nSPS) is 14.5. The number of methoxy groups -OCH3 is 1. The molecule has 0 unspecified atom stereocenters. The second-order valence-corrected chi connectivity index (χ2v) is 7.07. The van der Waals surface area contributed by atoms with E-state index in [-0.39, 0.29) is 33.9 Å².